The molecule has 0 aliphatic rings. The molecule has 59 heavy (non-hydrogen) atoms. The van der Waals surface area contributed by atoms with E-state index in [1.165, 1.54) is 89.9 Å². The first-order valence-electron chi connectivity index (χ1n) is 23.4. The summed E-state index contributed by atoms with van der Waals surface area (Å²) >= 11 is 0. The Bertz CT molecular complexity index is 1160. The molecule has 1 N–H and O–H groups in total. The van der Waals surface area contributed by atoms with Crippen LogP contribution in [0.2, 0.25) is 0 Å². The Morgan fingerprint density at radius 1 is 0.610 bits per heavy atom. The minimum Gasteiger partial charge on any atom is -0.756 e. The predicted octanol–water partition coefficient (Wildman–Crippen LogP) is 11.8. The topological polar surface area (TPSA) is 131 Å². The summed E-state index contributed by atoms with van der Waals surface area (Å²) in [5.74, 6) is -0.919. The second-order valence-electron chi connectivity index (χ2n) is 16.9. The molecule has 0 spiro atoms. The summed E-state index contributed by atoms with van der Waals surface area (Å²) in [6.07, 6.45) is 43.4. The molecule has 0 aromatic heterocycles. The van der Waals surface area contributed by atoms with Crippen LogP contribution in [-0.4, -0.2) is 81.2 Å². The number of quaternary nitrogens is 1. The summed E-state index contributed by atoms with van der Waals surface area (Å²) in [4.78, 5) is 37.6. The average molecular weight is 854 g/mol. The third-order valence-electron chi connectivity index (χ3n) is 9.92. The van der Waals surface area contributed by atoms with Crippen LogP contribution in [0.5, 0.6) is 0 Å². The monoisotopic (exact) mass is 854 g/mol. The second-order valence-corrected chi connectivity index (χ2v) is 18.4. The van der Waals surface area contributed by atoms with Crippen molar-refractivity contribution in [1.82, 2.24) is 0 Å². The number of carbonyl (C=O) groups excluding carboxylic acids is 2. The number of allylic oxidation sites excluding steroid dienone is 7. The van der Waals surface area contributed by atoms with Crippen LogP contribution in [0.1, 0.15) is 187 Å². The van der Waals surface area contributed by atoms with E-state index >= 15 is 0 Å². The molecule has 0 aliphatic heterocycles. The average Bonchev–Trinajstić information content (AvgIpc) is 3.18. The van der Waals surface area contributed by atoms with Gasteiger partial charge in [-0.1, -0.05) is 178 Å². The van der Waals surface area contributed by atoms with E-state index in [0.717, 1.165) is 57.8 Å². The van der Waals surface area contributed by atoms with E-state index in [1.807, 2.05) is 45.4 Å². The Balaban J connectivity index is 4.43. The van der Waals surface area contributed by atoms with Gasteiger partial charge in [0.1, 0.15) is 19.8 Å². The highest BCUT2D eigenvalue weighted by Gasteiger charge is 2.21. The zero-order valence-electron chi connectivity index (χ0n) is 38.3. The van der Waals surface area contributed by atoms with E-state index in [-0.39, 0.29) is 32.2 Å². The van der Waals surface area contributed by atoms with Gasteiger partial charge in [-0.2, -0.15) is 0 Å². The summed E-state index contributed by atoms with van der Waals surface area (Å²) in [7, 11) is 1.11. The number of phosphoric acid groups is 1. The molecule has 10 nitrogen and oxygen atoms in total. The Hall–Kier alpha value is -2.07. The van der Waals surface area contributed by atoms with Crippen LogP contribution in [0.4, 0.5) is 0 Å². The van der Waals surface area contributed by atoms with Crippen LogP contribution in [0.3, 0.4) is 0 Å². The van der Waals surface area contributed by atoms with Gasteiger partial charge >= 0.3 is 11.9 Å². The van der Waals surface area contributed by atoms with Crippen molar-refractivity contribution in [3.05, 3.63) is 48.6 Å². The number of aliphatic hydroxyl groups excluding tert-OH is 1. The lowest BCUT2D eigenvalue weighted by atomic mass is 10.0. The number of aliphatic hydroxyl groups is 1. The third-order valence-corrected chi connectivity index (χ3v) is 10.9. The summed E-state index contributed by atoms with van der Waals surface area (Å²) < 4.78 is 33.9. The van der Waals surface area contributed by atoms with Gasteiger partial charge in [-0.3, -0.25) is 14.2 Å². The van der Waals surface area contributed by atoms with Gasteiger partial charge in [-0.15, -0.1) is 0 Å². The van der Waals surface area contributed by atoms with Gasteiger partial charge in [0, 0.05) is 12.8 Å². The molecular weight excluding hydrogens is 765 g/mol. The molecule has 0 bridgehead atoms. The number of hydrogen-bond donors (Lipinski definition) is 1. The maximum absolute atomic E-state index is 12.7. The number of likely N-dealkylation sites (N-methyl/N-ethyl adjacent to an activating group) is 1. The summed E-state index contributed by atoms with van der Waals surface area (Å²) in [6.45, 7) is 4.00. The van der Waals surface area contributed by atoms with Crippen molar-refractivity contribution in [2.24, 2.45) is 0 Å². The van der Waals surface area contributed by atoms with Gasteiger partial charge in [0.05, 0.1) is 33.9 Å². The van der Waals surface area contributed by atoms with Gasteiger partial charge in [-0.05, 0) is 44.9 Å². The molecule has 344 valence electrons. The smallest absolute Gasteiger partial charge is 0.306 e. The number of unbranched alkanes of at least 4 members (excludes halogenated alkanes) is 18. The molecular formula is C48H88NO9P. The maximum Gasteiger partial charge on any atom is 0.306 e. The van der Waals surface area contributed by atoms with E-state index in [0.29, 0.717) is 23.9 Å². The largest absolute Gasteiger partial charge is 0.756 e. The highest BCUT2D eigenvalue weighted by Crippen LogP contribution is 2.38. The normalized spacial score (nSPS) is 14.5. The second kappa shape index (κ2) is 40.0. The predicted molar refractivity (Wildman–Crippen MR) is 242 cm³/mol. The molecule has 0 radical (unpaired) electrons. The molecule has 0 rings (SSSR count). The highest BCUT2D eigenvalue weighted by molar-refractivity contribution is 7.45. The fourth-order valence-electron chi connectivity index (χ4n) is 6.20. The quantitative estimate of drug-likeness (QED) is 0.0210. The number of rotatable bonds is 42. The molecule has 3 atom stereocenters. The van der Waals surface area contributed by atoms with Crippen molar-refractivity contribution in [2.45, 2.75) is 199 Å². The molecule has 0 aromatic carbocycles. The van der Waals surface area contributed by atoms with Crippen LogP contribution in [-0.2, 0) is 32.7 Å². The molecule has 11 heteroatoms. The van der Waals surface area contributed by atoms with E-state index in [1.54, 1.807) is 0 Å². The molecule has 0 aliphatic carbocycles. The molecule has 1 unspecified atom stereocenters. The SMILES string of the molecule is CCCCCCCCCCCCCCCCCCCC(=O)OC[C@H](COP(=O)([O-])OCC[N+](C)(C)C)OC(=O)CCC/C=C\C/C=C\C/C=C\C/C=C\[C@H](O)CCCC. The summed E-state index contributed by atoms with van der Waals surface area (Å²) in [5, 5.41) is 9.83. The maximum atomic E-state index is 12.7. The minimum atomic E-state index is -4.65. The van der Waals surface area contributed by atoms with Gasteiger partial charge in [-0.25, -0.2) is 0 Å². The first-order valence-corrected chi connectivity index (χ1v) is 24.9. The van der Waals surface area contributed by atoms with Crippen molar-refractivity contribution in [3.8, 4) is 0 Å². The standard InChI is InChI=1S/C48H88NO9P/c1-6-8-10-11-12-13-14-15-16-17-18-19-23-26-29-32-35-39-47(51)55-43-46(44-57-59(53,54)56-42-41-49(3,4)5)58-48(52)40-36-33-30-27-24-21-20-22-25-28-31-34-38-45(50)37-9-7-2/h20-21,25,27-28,30,34,38,45-46,50H,6-19,22-24,26,29,31-33,35-37,39-44H2,1-5H3/b21-20-,28-25-,30-27-,38-34-/t45-,46-/m1/s1. The lowest BCUT2D eigenvalue weighted by Crippen LogP contribution is -2.37. The molecule has 0 heterocycles. The van der Waals surface area contributed by atoms with Crippen LogP contribution in [0, 0.1) is 0 Å². The Morgan fingerprint density at radius 3 is 1.61 bits per heavy atom. The number of carbonyl (C=O) groups is 2. The Kier molecular flexibility index (Phi) is 38.6. The molecule has 0 saturated carbocycles. The lowest BCUT2D eigenvalue weighted by molar-refractivity contribution is -0.870. The number of phosphoric ester groups is 1. The van der Waals surface area contributed by atoms with Crippen molar-refractivity contribution < 1.29 is 47.2 Å². The van der Waals surface area contributed by atoms with E-state index in [9.17, 15) is 24.2 Å². The minimum absolute atomic E-state index is 0.0486. The zero-order chi connectivity index (χ0) is 43.7. The number of nitrogens with zero attached hydrogens (tertiary/aromatic N) is 1. The van der Waals surface area contributed by atoms with E-state index in [4.69, 9.17) is 18.5 Å². The van der Waals surface area contributed by atoms with Gasteiger partial charge in [0.2, 0.25) is 0 Å². The van der Waals surface area contributed by atoms with E-state index in [2.05, 4.69) is 38.2 Å². The Morgan fingerprint density at radius 2 is 1.08 bits per heavy atom. The first kappa shape index (κ1) is 56.9. The van der Waals surface area contributed by atoms with Gasteiger partial charge in [0.15, 0.2) is 6.10 Å². The van der Waals surface area contributed by atoms with Crippen molar-refractivity contribution in [3.63, 3.8) is 0 Å². The van der Waals surface area contributed by atoms with Crippen LogP contribution in [0.25, 0.3) is 0 Å². The number of ether oxygens (including phenoxy) is 2. The molecule has 0 amide bonds. The first-order chi connectivity index (χ1) is 28.4. The third kappa shape index (κ3) is 43.8. The highest BCUT2D eigenvalue weighted by atomic mass is 31.2. The van der Waals surface area contributed by atoms with Crippen molar-refractivity contribution in [2.75, 3.05) is 47.5 Å². The van der Waals surface area contributed by atoms with Crippen LogP contribution in [0.15, 0.2) is 48.6 Å². The van der Waals surface area contributed by atoms with Gasteiger partial charge in [0.25, 0.3) is 7.82 Å². The van der Waals surface area contributed by atoms with Crippen molar-refractivity contribution in [1.29, 1.82) is 0 Å². The fraction of sp³-hybridized carbons (Fsp3) is 0.792. The van der Waals surface area contributed by atoms with Crippen molar-refractivity contribution >= 4 is 19.8 Å². The molecule has 0 fully saturated rings. The molecule has 0 aromatic rings. The Labute approximate surface area is 361 Å². The lowest BCUT2D eigenvalue weighted by Gasteiger charge is -2.28. The number of esters is 2. The van der Waals surface area contributed by atoms with Crippen LogP contribution >= 0.6 is 7.82 Å². The van der Waals surface area contributed by atoms with Gasteiger partial charge < -0.3 is 33.0 Å². The molecule has 0 saturated heterocycles. The fourth-order valence-corrected chi connectivity index (χ4v) is 6.92. The van der Waals surface area contributed by atoms with E-state index < -0.39 is 32.5 Å². The van der Waals surface area contributed by atoms with Crippen LogP contribution < -0.4 is 4.89 Å². The number of hydrogen-bond acceptors (Lipinski definition) is 9. The summed E-state index contributed by atoms with van der Waals surface area (Å²) in [6, 6.07) is 0. The zero-order valence-corrected chi connectivity index (χ0v) is 39.2. The summed E-state index contributed by atoms with van der Waals surface area (Å²) in [5.41, 5.74) is 0.